The Labute approximate surface area is 425 Å². The molecule has 13 nitrogen and oxygen atoms in total. The van der Waals surface area contributed by atoms with E-state index >= 15 is 0 Å². The highest BCUT2D eigenvalue weighted by atomic mass is 35.5. The Morgan fingerprint density at radius 3 is 2.12 bits per heavy atom. The average Bonchev–Trinajstić information content (AvgIpc) is 3.63. The number of thioether (sulfide) groups is 1. The molecule has 1 aromatic heterocycles. The second-order valence-corrected chi connectivity index (χ2v) is 22.9. The van der Waals surface area contributed by atoms with Crippen LogP contribution < -0.4 is 19.8 Å². The first-order chi connectivity index (χ1) is 34.2. The average molecular weight is 1070 g/mol. The van der Waals surface area contributed by atoms with Crippen molar-refractivity contribution in [1.29, 1.82) is 0 Å². The van der Waals surface area contributed by atoms with Crippen LogP contribution >= 0.6 is 23.4 Å². The standard InChI is InChI=1S/C51H53ClF4N6O7S3/c1-33-47(50(64)65)48(49(59(33)2)35-11-17-43(52)44(53)30-35)34-7-6-8-39(29-34)62-27-25-61(26-28-62)38-14-12-36(13-15-38)58-72(68,69)42-16-18-45(46(31-42)71(66,67)51(54,55)56)57-37(32-70-41-9-4-3-5-10-41)19-22-60-23-20-40(63)21-24-60/h3-18,29-31,37,40,57-58,63H,19-28,32H2,1-2H3,(H,64,65)/t37-/m1/s1. The van der Waals surface area contributed by atoms with E-state index in [1.165, 1.54) is 36.0 Å². The molecular formula is C51H53ClF4N6O7S3. The lowest BCUT2D eigenvalue weighted by molar-refractivity contribution is -0.0436. The normalized spacial score (nSPS) is 15.7. The molecule has 3 heterocycles. The Morgan fingerprint density at radius 1 is 0.819 bits per heavy atom. The number of piperidine rings is 1. The first-order valence-electron chi connectivity index (χ1n) is 23.1. The molecule has 2 saturated heterocycles. The molecule has 0 amide bonds. The number of nitrogens with zero attached hydrogens (tertiary/aromatic N) is 4. The van der Waals surface area contributed by atoms with Crippen LogP contribution in [0.15, 0.2) is 130 Å². The Bertz CT molecular complexity index is 3150. The van der Waals surface area contributed by atoms with Crippen molar-refractivity contribution in [2.24, 2.45) is 7.05 Å². The Kier molecular flexibility index (Phi) is 15.9. The van der Waals surface area contributed by atoms with Gasteiger partial charge in [-0.1, -0.05) is 48.0 Å². The third-order valence-electron chi connectivity index (χ3n) is 13.1. The number of aromatic nitrogens is 1. The number of halogens is 5. The van der Waals surface area contributed by atoms with Gasteiger partial charge < -0.3 is 34.8 Å². The molecule has 0 unspecified atom stereocenters. The number of likely N-dealkylation sites (tertiary alicyclic amines) is 1. The summed E-state index contributed by atoms with van der Waals surface area (Å²) in [4.78, 5) is 18.0. The van der Waals surface area contributed by atoms with Crippen molar-refractivity contribution in [3.05, 3.63) is 137 Å². The topological polar surface area (TPSA) is 165 Å². The number of sulfone groups is 1. The number of alkyl halides is 3. The molecule has 6 aromatic rings. The minimum atomic E-state index is -6.04. The van der Waals surface area contributed by atoms with E-state index in [2.05, 4.69) is 24.7 Å². The number of benzene rings is 5. The van der Waals surface area contributed by atoms with Gasteiger partial charge in [0.05, 0.1) is 33.0 Å². The van der Waals surface area contributed by atoms with Gasteiger partial charge in [0.25, 0.3) is 19.9 Å². The van der Waals surface area contributed by atoms with Gasteiger partial charge >= 0.3 is 11.5 Å². The van der Waals surface area contributed by atoms with Gasteiger partial charge in [0.2, 0.25) is 0 Å². The van der Waals surface area contributed by atoms with Crippen LogP contribution in [0.3, 0.4) is 0 Å². The molecule has 2 aliphatic heterocycles. The lowest BCUT2D eigenvalue weighted by atomic mass is 9.96. The molecule has 2 aliphatic rings. The van der Waals surface area contributed by atoms with Gasteiger partial charge in [-0.15, -0.1) is 11.8 Å². The molecule has 0 bridgehead atoms. The maximum absolute atomic E-state index is 14.7. The van der Waals surface area contributed by atoms with Gasteiger partial charge in [0.1, 0.15) is 10.7 Å². The summed E-state index contributed by atoms with van der Waals surface area (Å²) in [7, 11) is -8.92. The lowest BCUT2D eigenvalue weighted by Gasteiger charge is -2.37. The molecule has 72 heavy (non-hydrogen) atoms. The fraction of sp³-hybridized carbons (Fsp3) is 0.314. The Morgan fingerprint density at radius 2 is 1.49 bits per heavy atom. The molecular weight excluding hydrogens is 1020 g/mol. The molecule has 2 fully saturated rings. The summed E-state index contributed by atoms with van der Waals surface area (Å²) in [6.45, 7) is 5.76. The largest absolute Gasteiger partial charge is 0.501 e. The second-order valence-electron chi connectivity index (χ2n) is 17.8. The highest BCUT2D eigenvalue weighted by molar-refractivity contribution is 7.99. The number of rotatable bonds is 17. The van der Waals surface area contributed by atoms with Crippen molar-refractivity contribution >= 4 is 71.9 Å². The van der Waals surface area contributed by atoms with Crippen molar-refractivity contribution in [3.8, 4) is 22.4 Å². The van der Waals surface area contributed by atoms with E-state index in [1.807, 2.05) is 54.6 Å². The van der Waals surface area contributed by atoms with Crippen LogP contribution in [0.2, 0.25) is 5.02 Å². The number of carboxylic acids is 1. The van der Waals surface area contributed by atoms with Crippen molar-refractivity contribution in [1.82, 2.24) is 9.47 Å². The smallest absolute Gasteiger partial charge is 0.478 e. The fourth-order valence-electron chi connectivity index (χ4n) is 9.11. The summed E-state index contributed by atoms with van der Waals surface area (Å²) in [6.07, 6.45) is 1.20. The monoisotopic (exact) mass is 1070 g/mol. The zero-order chi connectivity index (χ0) is 51.5. The number of hydrogen-bond acceptors (Lipinski definition) is 11. The van der Waals surface area contributed by atoms with E-state index < -0.39 is 59.1 Å². The van der Waals surface area contributed by atoms with Crippen LogP contribution in [-0.4, -0.2) is 112 Å². The van der Waals surface area contributed by atoms with Crippen molar-refractivity contribution in [2.45, 2.75) is 58.5 Å². The molecule has 0 aliphatic carbocycles. The van der Waals surface area contributed by atoms with Gasteiger partial charge in [0.15, 0.2) is 0 Å². The van der Waals surface area contributed by atoms with E-state index in [0.29, 0.717) is 105 Å². The molecule has 21 heteroatoms. The van der Waals surface area contributed by atoms with E-state index in [4.69, 9.17) is 11.6 Å². The number of aromatic carboxylic acids is 1. The van der Waals surface area contributed by atoms with E-state index in [0.717, 1.165) is 28.4 Å². The predicted octanol–water partition coefficient (Wildman–Crippen LogP) is 10.00. The predicted molar refractivity (Wildman–Crippen MR) is 275 cm³/mol. The van der Waals surface area contributed by atoms with Gasteiger partial charge in [-0.05, 0) is 111 Å². The van der Waals surface area contributed by atoms with Crippen molar-refractivity contribution in [2.75, 3.05) is 71.4 Å². The minimum Gasteiger partial charge on any atom is -0.478 e. The maximum Gasteiger partial charge on any atom is 0.501 e. The second kappa shape index (κ2) is 21.8. The number of carbonyl (C=O) groups is 1. The summed E-state index contributed by atoms with van der Waals surface area (Å²) in [5, 5.41) is 23.3. The number of carboxylic acid groups (broad SMARTS) is 1. The van der Waals surface area contributed by atoms with Crippen LogP contribution in [0.1, 0.15) is 35.3 Å². The van der Waals surface area contributed by atoms with Crippen LogP contribution in [0.25, 0.3) is 22.4 Å². The van der Waals surface area contributed by atoms with Crippen molar-refractivity contribution < 1.29 is 49.4 Å². The van der Waals surface area contributed by atoms with E-state index in [-0.39, 0.29) is 22.0 Å². The maximum atomic E-state index is 14.7. The summed E-state index contributed by atoms with van der Waals surface area (Å²) in [6, 6.07) is 29.8. The SMILES string of the molecule is Cc1c(C(=O)O)c(-c2cccc(N3CCN(c4ccc(NS(=O)(=O)c5ccc(N[C@H](CCN6CCC(O)CC6)CSc6ccccc6)c(S(=O)(=O)C(F)(F)F)c5)cc4)CC3)c2)c(-c2ccc(Cl)c(F)c2)n1C. The van der Waals surface area contributed by atoms with E-state index in [1.54, 1.807) is 36.7 Å². The summed E-state index contributed by atoms with van der Waals surface area (Å²) in [5.41, 5.74) is -1.74. The zero-order valence-corrected chi connectivity index (χ0v) is 42.4. The zero-order valence-electron chi connectivity index (χ0n) is 39.2. The number of piperazine rings is 1. The highest BCUT2D eigenvalue weighted by Crippen LogP contribution is 2.41. The summed E-state index contributed by atoms with van der Waals surface area (Å²) < 4.78 is 115. The molecule has 5 aromatic carbocycles. The number of aliphatic hydroxyl groups excluding tert-OH is 1. The summed E-state index contributed by atoms with van der Waals surface area (Å²) >= 11 is 7.43. The van der Waals surface area contributed by atoms with Gasteiger partial charge in [-0.3, -0.25) is 4.72 Å². The molecule has 0 saturated carbocycles. The van der Waals surface area contributed by atoms with Crippen molar-refractivity contribution in [3.63, 3.8) is 0 Å². The lowest BCUT2D eigenvalue weighted by Crippen LogP contribution is -2.46. The van der Waals surface area contributed by atoms with Crippen LogP contribution in [0.5, 0.6) is 0 Å². The van der Waals surface area contributed by atoms with E-state index in [9.17, 15) is 49.4 Å². The fourth-order valence-corrected chi connectivity index (χ4v) is 12.3. The first kappa shape index (κ1) is 52.5. The highest BCUT2D eigenvalue weighted by Gasteiger charge is 2.48. The number of hydrogen-bond donors (Lipinski definition) is 4. The van der Waals surface area contributed by atoms with Gasteiger partial charge in [-0.2, -0.15) is 13.2 Å². The number of aliphatic hydroxyl groups is 1. The molecule has 0 radical (unpaired) electrons. The third kappa shape index (κ3) is 11.7. The quantitative estimate of drug-likeness (QED) is 0.0506. The Balaban J connectivity index is 0.963. The molecule has 8 rings (SSSR count). The summed E-state index contributed by atoms with van der Waals surface area (Å²) in [5.74, 6) is -1.39. The first-order valence-corrected chi connectivity index (χ1v) is 27.4. The minimum absolute atomic E-state index is 0.0518. The molecule has 4 N–H and O–H groups in total. The Hall–Kier alpha value is -5.77. The third-order valence-corrected chi connectivity index (χ3v) is 17.5. The number of sulfonamides is 1. The van der Waals surface area contributed by atoms with Crippen LogP contribution in [0.4, 0.5) is 40.3 Å². The number of nitrogens with one attached hydrogen (secondary N) is 2. The van der Waals surface area contributed by atoms with Crippen LogP contribution in [0, 0.1) is 12.7 Å². The molecule has 382 valence electrons. The molecule has 1 atom stereocenters. The molecule has 0 spiro atoms. The van der Waals surface area contributed by atoms with Gasteiger partial charge in [-0.25, -0.2) is 26.0 Å². The van der Waals surface area contributed by atoms with Gasteiger partial charge in [0, 0.05) is 103 Å². The number of anilines is 4. The van der Waals surface area contributed by atoms with Crippen LogP contribution in [-0.2, 0) is 26.9 Å².